The number of halogens is 2. The summed E-state index contributed by atoms with van der Waals surface area (Å²) < 4.78 is 19.2. The van der Waals surface area contributed by atoms with E-state index in [0.717, 1.165) is 4.90 Å². The molecule has 1 heterocycles. The van der Waals surface area contributed by atoms with Crippen molar-refractivity contribution in [3.63, 3.8) is 0 Å². The van der Waals surface area contributed by atoms with Crippen molar-refractivity contribution in [2.45, 2.75) is 45.4 Å². The second-order valence-electron chi connectivity index (χ2n) is 7.35. The molecule has 1 aliphatic heterocycles. The Bertz CT molecular complexity index is 750. The van der Waals surface area contributed by atoms with Gasteiger partial charge in [0.25, 0.3) is 0 Å². The number of amides is 2. The van der Waals surface area contributed by atoms with E-state index in [4.69, 9.17) is 16.3 Å². The van der Waals surface area contributed by atoms with Gasteiger partial charge in [0.2, 0.25) is 5.91 Å². The molecule has 1 saturated heterocycles. The Hall–Kier alpha value is -2.35. The highest BCUT2D eigenvalue weighted by molar-refractivity contribution is 6.30. The van der Waals surface area contributed by atoms with Crippen LogP contribution in [-0.4, -0.2) is 46.2 Å². The third kappa shape index (κ3) is 5.32. The highest BCUT2D eigenvalue weighted by Gasteiger charge is 2.44. The average Bonchev–Trinajstić information content (AvgIpc) is 3.00. The number of ether oxygens (including phenoxy) is 1. The number of aliphatic carboxylic acids is 1. The molecule has 1 aliphatic rings. The lowest BCUT2D eigenvalue weighted by atomic mass is 10.1. The largest absolute Gasteiger partial charge is 0.481 e. The molecule has 0 bridgehead atoms. The second-order valence-corrected chi connectivity index (χ2v) is 7.76. The number of nitrogens with one attached hydrogen (secondary N) is 1. The maximum absolute atomic E-state index is 13.9. The van der Waals surface area contributed by atoms with Gasteiger partial charge in [-0.3, -0.25) is 14.5 Å². The predicted molar refractivity (Wildman–Crippen MR) is 95.7 cm³/mol. The van der Waals surface area contributed by atoms with Crippen LogP contribution in [0.5, 0.6) is 0 Å². The maximum Gasteiger partial charge on any atom is 0.410 e. The van der Waals surface area contributed by atoms with Crippen LogP contribution >= 0.6 is 11.6 Å². The lowest BCUT2D eigenvalue weighted by Crippen LogP contribution is -2.47. The van der Waals surface area contributed by atoms with Gasteiger partial charge in [-0.05, 0) is 33.3 Å². The lowest BCUT2D eigenvalue weighted by molar-refractivity contribution is -0.141. The number of hydrogen-bond donors (Lipinski definition) is 2. The Morgan fingerprint density at radius 1 is 1.37 bits per heavy atom. The molecule has 0 saturated carbocycles. The van der Waals surface area contributed by atoms with Crippen LogP contribution in [0.1, 0.15) is 32.8 Å². The summed E-state index contributed by atoms with van der Waals surface area (Å²) in [6.45, 7) is 4.75. The van der Waals surface area contributed by atoms with Gasteiger partial charge in [-0.1, -0.05) is 23.7 Å². The zero-order valence-corrected chi connectivity index (χ0v) is 16.0. The highest BCUT2D eigenvalue weighted by atomic mass is 35.5. The van der Waals surface area contributed by atoms with E-state index < -0.39 is 41.3 Å². The van der Waals surface area contributed by atoms with E-state index in [2.05, 4.69) is 5.32 Å². The molecule has 2 amide bonds. The van der Waals surface area contributed by atoms with E-state index in [1.807, 2.05) is 0 Å². The number of nitrogens with zero attached hydrogens (tertiary/aromatic N) is 1. The Morgan fingerprint density at radius 2 is 2.04 bits per heavy atom. The first-order valence-corrected chi connectivity index (χ1v) is 8.80. The van der Waals surface area contributed by atoms with E-state index in [9.17, 15) is 23.9 Å². The van der Waals surface area contributed by atoms with Crippen LogP contribution in [0, 0.1) is 11.7 Å². The van der Waals surface area contributed by atoms with E-state index in [1.54, 1.807) is 26.8 Å². The van der Waals surface area contributed by atoms with E-state index in [-0.39, 0.29) is 30.1 Å². The van der Waals surface area contributed by atoms with Gasteiger partial charge in [0, 0.05) is 18.7 Å². The van der Waals surface area contributed by atoms with Gasteiger partial charge < -0.3 is 15.2 Å². The molecule has 0 aliphatic carbocycles. The summed E-state index contributed by atoms with van der Waals surface area (Å²) in [4.78, 5) is 37.3. The van der Waals surface area contributed by atoms with Gasteiger partial charge in [0.15, 0.2) is 0 Å². The topological polar surface area (TPSA) is 95.9 Å². The van der Waals surface area contributed by atoms with Crippen LogP contribution in [0.15, 0.2) is 18.2 Å². The predicted octanol–water partition coefficient (Wildman–Crippen LogP) is 2.81. The molecule has 27 heavy (non-hydrogen) atoms. The molecule has 1 aromatic carbocycles. The Morgan fingerprint density at radius 3 is 2.63 bits per heavy atom. The molecule has 0 unspecified atom stereocenters. The Kier molecular flexibility index (Phi) is 6.30. The van der Waals surface area contributed by atoms with E-state index in [0.29, 0.717) is 0 Å². The summed E-state index contributed by atoms with van der Waals surface area (Å²) in [5, 5.41) is 11.7. The number of carboxylic acid groups (broad SMARTS) is 1. The standard InChI is InChI=1S/C18H22ClFN2O5/c1-18(2,3)27-17(26)22-9-11(16(24)25)7-13(22)15(23)21-8-10-5-4-6-12(19)14(10)20/h4-6,11,13H,7-9H2,1-3H3,(H,21,23)(H,24,25)/t11-,13-/m0/s1. The smallest absolute Gasteiger partial charge is 0.410 e. The maximum atomic E-state index is 13.9. The summed E-state index contributed by atoms with van der Waals surface area (Å²) in [6.07, 6.45) is -0.807. The SMILES string of the molecule is CC(C)(C)OC(=O)N1C[C@@H](C(=O)O)C[C@H]1C(=O)NCc1cccc(Cl)c1F. The van der Waals surface area contributed by atoms with Crippen LogP contribution < -0.4 is 5.32 Å². The number of likely N-dealkylation sites (tertiary alicyclic amines) is 1. The summed E-state index contributed by atoms with van der Waals surface area (Å²) in [5.41, 5.74) is -0.601. The molecule has 2 N–H and O–H groups in total. The quantitative estimate of drug-likeness (QED) is 0.810. The van der Waals surface area contributed by atoms with Crippen LogP contribution in [0.2, 0.25) is 5.02 Å². The third-order valence-corrected chi connectivity index (χ3v) is 4.36. The average molecular weight is 401 g/mol. The van der Waals surface area contributed by atoms with Crippen molar-refractivity contribution in [2.24, 2.45) is 5.92 Å². The lowest BCUT2D eigenvalue weighted by Gasteiger charge is -2.28. The number of hydrogen-bond acceptors (Lipinski definition) is 4. The zero-order chi connectivity index (χ0) is 20.4. The van der Waals surface area contributed by atoms with Crippen LogP contribution in [-0.2, 0) is 20.9 Å². The van der Waals surface area contributed by atoms with Gasteiger partial charge in [-0.2, -0.15) is 0 Å². The van der Waals surface area contributed by atoms with Crippen molar-refractivity contribution in [1.29, 1.82) is 0 Å². The number of carbonyl (C=O) groups excluding carboxylic acids is 2. The molecule has 2 rings (SSSR count). The van der Waals surface area contributed by atoms with Crippen LogP contribution in [0.4, 0.5) is 9.18 Å². The van der Waals surface area contributed by atoms with Crippen molar-refractivity contribution in [2.75, 3.05) is 6.54 Å². The van der Waals surface area contributed by atoms with Gasteiger partial charge in [-0.15, -0.1) is 0 Å². The molecule has 7 nitrogen and oxygen atoms in total. The first-order chi connectivity index (χ1) is 12.5. The molecule has 9 heteroatoms. The number of carboxylic acids is 1. The molecule has 0 spiro atoms. The molecular weight excluding hydrogens is 379 g/mol. The van der Waals surface area contributed by atoms with Crippen molar-refractivity contribution < 1.29 is 28.6 Å². The van der Waals surface area contributed by atoms with E-state index >= 15 is 0 Å². The van der Waals surface area contributed by atoms with E-state index in [1.165, 1.54) is 12.1 Å². The van der Waals surface area contributed by atoms with Gasteiger partial charge in [-0.25, -0.2) is 9.18 Å². The number of rotatable bonds is 4. The van der Waals surface area contributed by atoms with Gasteiger partial charge in [0.1, 0.15) is 17.5 Å². The molecule has 148 valence electrons. The fourth-order valence-electron chi connectivity index (χ4n) is 2.77. The van der Waals surface area contributed by atoms with Gasteiger partial charge >= 0.3 is 12.1 Å². The minimum absolute atomic E-state index is 0.0432. The van der Waals surface area contributed by atoms with Crippen LogP contribution in [0.25, 0.3) is 0 Å². The fourth-order valence-corrected chi connectivity index (χ4v) is 2.97. The minimum Gasteiger partial charge on any atom is -0.481 e. The normalized spacial score (nSPS) is 19.7. The molecule has 0 aromatic heterocycles. The first-order valence-electron chi connectivity index (χ1n) is 8.42. The van der Waals surface area contributed by atoms with Crippen LogP contribution in [0.3, 0.4) is 0 Å². The molecule has 1 fully saturated rings. The monoisotopic (exact) mass is 400 g/mol. The molecule has 2 atom stereocenters. The molecule has 1 aromatic rings. The Labute approximate surface area is 161 Å². The number of benzene rings is 1. The molecule has 0 radical (unpaired) electrons. The summed E-state index contributed by atoms with van der Waals surface area (Å²) in [6, 6.07) is 3.40. The fraction of sp³-hybridized carbons (Fsp3) is 0.500. The second kappa shape index (κ2) is 8.12. The summed E-state index contributed by atoms with van der Waals surface area (Å²) in [5.74, 6) is -3.20. The van der Waals surface area contributed by atoms with Crippen molar-refractivity contribution in [1.82, 2.24) is 10.2 Å². The third-order valence-electron chi connectivity index (χ3n) is 4.07. The highest BCUT2D eigenvalue weighted by Crippen LogP contribution is 2.26. The van der Waals surface area contributed by atoms with Crippen molar-refractivity contribution >= 4 is 29.6 Å². The first kappa shape index (κ1) is 21.0. The van der Waals surface area contributed by atoms with Crippen molar-refractivity contribution in [3.05, 3.63) is 34.6 Å². The van der Waals surface area contributed by atoms with Gasteiger partial charge in [0.05, 0.1) is 10.9 Å². The molecular formula is C18H22ClFN2O5. The summed E-state index contributed by atoms with van der Waals surface area (Å²) >= 11 is 5.71. The minimum atomic E-state index is -1.10. The zero-order valence-electron chi connectivity index (χ0n) is 15.3. The number of carbonyl (C=O) groups is 3. The Balaban J connectivity index is 2.11. The van der Waals surface area contributed by atoms with Crippen molar-refractivity contribution in [3.8, 4) is 0 Å². The summed E-state index contributed by atoms with van der Waals surface area (Å²) in [7, 11) is 0.